The zero-order chi connectivity index (χ0) is 19.7. The molecule has 3 aromatic heterocycles. The predicted octanol–water partition coefficient (Wildman–Crippen LogP) is 3.48. The number of aromatic nitrogens is 3. The van der Waals surface area contributed by atoms with Gasteiger partial charge in [-0.25, -0.2) is 9.97 Å². The van der Waals surface area contributed by atoms with E-state index in [9.17, 15) is 9.59 Å². The Labute approximate surface area is 169 Å². The molecule has 10 heteroatoms. The zero-order valence-electron chi connectivity index (χ0n) is 15.5. The van der Waals surface area contributed by atoms with E-state index in [4.69, 9.17) is 4.52 Å². The van der Waals surface area contributed by atoms with Crippen molar-refractivity contribution in [1.82, 2.24) is 20.0 Å². The van der Waals surface area contributed by atoms with Gasteiger partial charge in [0.1, 0.15) is 16.8 Å². The quantitative estimate of drug-likeness (QED) is 0.697. The van der Waals surface area contributed by atoms with Gasteiger partial charge in [0.05, 0.1) is 15.7 Å². The Balaban J connectivity index is 1.36. The lowest BCUT2D eigenvalue weighted by molar-refractivity contribution is 0.0717. The van der Waals surface area contributed by atoms with Crippen LogP contribution in [-0.4, -0.2) is 44.9 Å². The molecule has 3 aromatic rings. The lowest BCUT2D eigenvalue weighted by atomic mass is 9.97. The average molecular weight is 418 g/mol. The van der Waals surface area contributed by atoms with Gasteiger partial charge in [-0.2, -0.15) is 0 Å². The Morgan fingerprint density at radius 2 is 2.04 bits per heavy atom. The van der Waals surface area contributed by atoms with E-state index in [0.29, 0.717) is 24.6 Å². The molecule has 0 atom stereocenters. The highest BCUT2D eigenvalue weighted by Crippen LogP contribution is 2.31. The summed E-state index contributed by atoms with van der Waals surface area (Å²) in [4.78, 5) is 36.4. The van der Waals surface area contributed by atoms with Crippen LogP contribution in [0.5, 0.6) is 0 Å². The van der Waals surface area contributed by atoms with Gasteiger partial charge in [0.2, 0.25) is 0 Å². The van der Waals surface area contributed by atoms with Crippen LogP contribution in [0.3, 0.4) is 0 Å². The summed E-state index contributed by atoms with van der Waals surface area (Å²) in [5, 5.41) is 9.91. The number of anilines is 1. The standard InChI is InChI=1S/C18H19N5O3S2/c1-10-15(28-11(2)19-10)18(25)23-6-3-12(4-7-23)17-20-13(9-27-17)16(24)21-14-5-8-26-22-14/h5,8-9,12H,3-4,6-7H2,1-2H3,(H,21,22,24). The summed E-state index contributed by atoms with van der Waals surface area (Å²) in [6.45, 7) is 5.16. The number of aryl methyl sites for hydroxylation is 2. The largest absolute Gasteiger partial charge is 0.363 e. The summed E-state index contributed by atoms with van der Waals surface area (Å²) in [5.41, 5.74) is 1.18. The highest BCUT2D eigenvalue weighted by atomic mass is 32.1. The Morgan fingerprint density at radius 1 is 1.25 bits per heavy atom. The van der Waals surface area contributed by atoms with E-state index in [1.54, 1.807) is 11.4 Å². The van der Waals surface area contributed by atoms with Crippen molar-refractivity contribution in [2.75, 3.05) is 18.4 Å². The molecule has 0 aromatic carbocycles. The van der Waals surface area contributed by atoms with Crippen molar-refractivity contribution in [3.05, 3.63) is 44.0 Å². The number of thiazole rings is 2. The van der Waals surface area contributed by atoms with E-state index >= 15 is 0 Å². The molecule has 0 spiro atoms. The maximum absolute atomic E-state index is 12.7. The van der Waals surface area contributed by atoms with Crippen LogP contribution in [-0.2, 0) is 0 Å². The van der Waals surface area contributed by atoms with Crippen LogP contribution >= 0.6 is 22.7 Å². The van der Waals surface area contributed by atoms with Crippen LogP contribution in [0.1, 0.15) is 54.6 Å². The van der Waals surface area contributed by atoms with E-state index in [2.05, 4.69) is 20.4 Å². The van der Waals surface area contributed by atoms with Crippen molar-refractivity contribution in [3.8, 4) is 0 Å². The first kappa shape index (κ1) is 18.8. The number of piperidine rings is 1. The normalized spacial score (nSPS) is 15.0. The topological polar surface area (TPSA) is 101 Å². The minimum Gasteiger partial charge on any atom is -0.363 e. The van der Waals surface area contributed by atoms with Crippen LogP contribution in [0, 0.1) is 13.8 Å². The van der Waals surface area contributed by atoms with Gasteiger partial charge in [-0.1, -0.05) is 5.16 Å². The fraction of sp³-hybridized carbons (Fsp3) is 0.389. The van der Waals surface area contributed by atoms with Crippen LogP contribution in [0.25, 0.3) is 0 Å². The molecule has 1 saturated heterocycles. The van der Waals surface area contributed by atoms with E-state index < -0.39 is 0 Å². The molecule has 0 bridgehead atoms. The minimum atomic E-state index is -0.306. The summed E-state index contributed by atoms with van der Waals surface area (Å²) >= 11 is 2.93. The minimum absolute atomic E-state index is 0.0633. The molecule has 1 fully saturated rings. The van der Waals surface area contributed by atoms with Gasteiger partial charge in [-0.15, -0.1) is 22.7 Å². The average Bonchev–Trinajstić information content (AvgIpc) is 3.42. The number of likely N-dealkylation sites (tertiary alicyclic amines) is 1. The summed E-state index contributed by atoms with van der Waals surface area (Å²) < 4.78 is 4.70. The van der Waals surface area contributed by atoms with Gasteiger partial charge in [0, 0.05) is 30.5 Å². The summed E-state index contributed by atoms with van der Waals surface area (Å²) in [6.07, 6.45) is 3.06. The van der Waals surface area contributed by atoms with E-state index in [-0.39, 0.29) is 17.7 Å². The van der Waals surface area contributed by atoms with Gasteiger partial charge in [-0.3, -0.25) is 9.59 Å². The molecule has 1 aliphatic rings. The summed E-state index contributed by atoms with van der Waals surface area (Å²) in [7, 11) is 0. The first-order chi connectivity index (χ1) is 13.5. The molecular weight excluding hydrogens is 398 g/mol. The first-order valence-electron chi connectivity index (χ1n) is 8.91. The van der Waals surface area contributed by atoms with Crippen molar-refractivity contribution in [2.45, 2.75) is 32.6 Å². The number of hydrogen-bond acceptors (Lipinski definition) is 8. The molecule has 8 nitrogen and oxygen atoms in total. The van der Waals surface area contributed by atoms with Gasteiger partial charge in [-0.05, 0) is 26.7 Å². The van der Waals surface area contributed by atoms with Crippen LogP contribution in [0.2, 0.25) is 0 Å². The molecule has 0 aliphatic carbocycles. The van der Waals surface area contributed by atoms with Crippen LogP contribution in [0.15, 0.2) is 22.2 Å². The van der Waals surface area contributed by atoms with Crippen LogP contribution < -0.4 is 5.32 Å². The molecule has 4 heterocycles. The molecule has 0 unspecified atom stereocenters. The summed E-state index contributed by atoms with van der Waals surface area (Å²) in [6, 6.07) is 1.57. The molecule has 4 rings (SSSR count). The predicted molar refractivity (Wildman–Crippen MR) is 106 cm³/mol. The number of amides is 2. The molecule has 28 heavy (non-hydrogen) atoms. The molecule has 1 N–H and O–H groups in total. The monoisotopic (exact) mass is 417 g/mol. The van der Waals surface area contributed by atoms with Gasteiger partial charge >= 0.3 is 0 Å². The van der Waals surface area contributed by atoms with Crippen molar-refractivity contribution < 1.29 is 14.1 Å². The fourth-order valence-corrected chi connectivity index (χ4v) is 5.10. The number of nitrogens with zero attached hydrogens (tertiary/aromatic N) is 4. The number of rotatable bonds is 4. The Bertz CT molecular complexity index is 987. The highest BCUT2D eigenvalue weighted by molar-refractivity contribution is 7.13. The van der Waals surface area contributed by atoms with Crippen molar-refractivity contribution in [1.29, 1.82) is 0 Å². The van der Waals surface area contributed by atoms with E-state index in [0.717, 1.165) is 33.4 Å². The van der Waals surface area contributed by atoms with E-state index in [1.807, 2.05) is 18.7 Å². The Hall–Kier alpha value is -2.59. The third kappa shape index (κ3) is 3.83. The SMILES string of the molecule is Cc1nc(C)c(C(=O)N2CCC(c3nc(C(=O)Nc4ccon4)cs3)CC2)s1. The second-order valence-corrected chi connectivity index (χ2v) is 8.72. The lowest BCUT2D eigenvalue weighted by Crippen LogP contribution is -2.37. The Kier molecular flexibility index (Phi) is 5.23. The molecule has 146 valence electrons. The Morgan fingerprint density at radius 3 is 2.68 bits per heavy atom. The number of carbonyl (C=O) groups is 2. The summed E-state index contributed by atoms with van der Waals surface area (Å²) in [5.74, 6) is 0.375. The number of nitrogens with one attached hydrogen (secondary N) is 1. The maximum Gasteiger partial charge on any atom is 0.276 e. The highest BCUT2D eigenvalue weighted by Gasteiger charge is 2.28. The maximum atomic E-state index is 12.7. The first-order valence-corrected chi connectivity index (χ1v) is 10.6. The third-order valence-electron chi connectivity index (χ3n) is 4.66. The van der Waals surface area contributed by atoms with Crippen molar-refractivity contribution in [3.63, 3.8) is 0 Å². The number of carbonyl (C=O) groups excluding carboxylic acids is 2. The lowest BCUT2D eigenvalue weighted by Gasteiger charge is -2.30. The zero-order valence-corrected chi connectivity index (χ0v) is 17.1. The third-order valence-corrected chi connectivity index (χ3v) is 6.73. The molecule has 1 aliphatic heterocycles. The molecule has 0 radical (unpaired) electrons. The van der Waals surface area contributed by atoms with E-state index in [1.165, 1.54) is 28.9 Å². The number of hydrogen-bond donors (Lipinski definition) is 1. The second-order valence-electron chi connectivity index (χ2n) is 6.62. The molecule has 2 amide bonds. The molecule has 0 saturated carbocycles. The molecular formula is C18H19N5O3S2. The second kappa shape index (κ2) is 7.80. The van der Waals surface area contributed by atoms with Gasteiger partial charge in [0.15, 0.2) is 5.82 Å². The van der Waals surface area contributed by atoms with Gasteiger partial charge in [0.25, 0.3) is 11.8 Å². The van der Waals surface area contributed by atoms with Crippen molar-refractivity contribution >= 4 is 40.3 Å². The van der Waals surface area contributed by atoms with Crippen LogP contribution in [0.4, 0.5) is 5.82 Å². The fourth-order valence-electron chi connectivity index (χ4n) is 3.24. The van der Waals surface area contributed by atoms with Crippen molar-refractivity contribution in [2.24, 2.45) is 0 Å². The smallest absolute Gasteiger partial charge is 0.276 e. The van der Waals surface area contributed by atoms with Gasteiger partial charge < -0.3 is 14.7 Å².